The van der Waals surface area contributed by atoms with Gasteiger partial charge in [-0.1, -0.05) is 13.8 Å². The van der Waals surface area contributed by atoms with Crippen molar-refractivity contribution in [2.24, 2.45) is 5.41 Å². The molecular weight excluding hydrogens is 181 g/mol. The van der Waals surface area contributed by atoms with E-state index >= 15 is 0 Å². The van der Waals surface area contributed by atoms with Crippen molar-refractivity contribution in [3.63, 3.8) is 0 Å². The minimum atomic E-state index is -0.611. The molecule has 0 aromatic rings. The molecule has 82 valence electrons. The van der Waals surface area contributed by atoms with Gasteiger partial charge >= 0.3 is 0 Å². The van der Waals surface area contributed by atoms with E-state index in [1.54, 1.807) is 0 Å². The Kier molecular flexibility index (Phi) is 2.56. The molecule has 0 bridgehead atoms. The zero-order chi connectivity index (χ0) is 10.3. The van der Waals surface area contributed by atoms with Gasteiger partial charge in [0.1, 0.15) is 6.17 Å². The van der Waals surface area contributed by atoms with Crippen LogP contribution in [0.4, 0.5) is 4.39 Å². The molecule has 2 saturated carbocycles. The number of nitrogens with one attached hydrogen (secondary N) is 1. The maximum Gasteiger partial charge on any atom is 0.102 e. The molecule has 2 nitrogen and oxygen atoms in total. The zero-order valence-corrected chi connectivity index (χ0v) is 8.96. The van der Waals surface area contributed by atoms with Gasteiger partial charge in [0, 0.05) is 17.5 Å². The van der Waals surface area contributed by atoms with E-state index in [1.165, 1.54) is 0 Å². The van der Waals surface area contributed by atoms with Gasteiger partial charge in [-0.3, -0.25) is 0 Å². The monoisotopic (exact) mass is 201 g/mol. The predicted octanol–water partition coefficient (Wildman–Crippen LogP) is 1.63. The lowest BCUT2D eigenvalue weighted by atomic mass is 9.64. The SMILES string of the molecule is CC1(C)C(O)CC1NC1CCC(F)C1. The first kappa shape index (κ1) is 10.4. The minimum absolute atomic E-state index is 0.0333. The van der Waals surface area contributed by atoms with Gasteiger partial charge in [-0.2, -0.15) is 0 Å². The fourth-order valence-corrected chi connectivity index (χ4v) is 2.55. The topological polar surface area (TPSA) is 32.3 Å². The maximum absolute atomic E-state index is 12.9. The Bertz CT molecular complexity index is 219. The Morgan fingerprint density at radius 3 is 2.43 bits per heavy atom. The minimum Gasteiger partial charge on any atom is -0.392 e. The molecule has 2 aliphatic rings. The van der Waals surface area contributed by atoms with Gasteiger partial charge in [0.25, 0.3) is 0 Å². The summed E-state index contributed by atoms with van der Waals surface area (Å²) in [4.78, 5) is 0. The summed E-state index contributed by atoms with van der Waals surface area (Å²) in [5, 5.41) is 13.0. The Labute approximate surface area is 84.9 Å². The van der Waals surface area contributed by atoms with Crippen molar-refractivity contribution in [2.75, 3.05) is 0 Å². The smallest absolute Gasteiger partial charge is 0.102 e. The summed E-state index contributed by atoms with van der Waals surface area (Å²) in [6, 6.07) is 0.703. The summed E-state index contributed by atoms with van der Waals surface area (Å²) in [6.07, 6.45) is 2.32. The highest BCUT2D eigenvalue weighted by atomic mass is 19.1. The highest BCUT2D eigenvalue weighted by Gasteiger charge is 2.48. The van der Waals surface area contributed by atoms with Crippen LogP contribution in [0.2, 0.25) is 0 Å². The molecule has 2 fully saturated rings. The van der Waals surface area contributed by atoms with Gasteiger partial charge in [-0.25, -0.2) is 4.39 Å². The van der Waals surface area contributed by atoms with Crippen LogP contribution >= 0.6 is 0 Å². The third kappa shape index (κ3) is 1.68. The van der Waals surface area contributed by atoms with Crippen molar-refractivity contribution in [3.05, 3.63) is 0 Å². The van der Waals surface area contributed by atoms with Crippen LogP contribution in [0.25, 0.3) is 0 Å². The number of rotatable bonds is 2. The quantitative estimate of drug-likeness (QED) is 0.711. The van der Waals surface area contributed by atoms with E-state index in [2.05, 4.69) is 19.2 Å². The third-order valence-electron chi connectivity index (χ3n) is 4.02. The first-order chi connectivity index (χ1) is 6.50. The molecule has 14 heavy (non-hydrogen) atoms. The molecule has 4 atom stereocenters. The summed E-state index contributed by atoms with van der Waals surface area (Å²) in [5.74, 6) is 0. The van der Waals surface area contributed by atoms with Crippen LogP contribution in [0.1, 0.15) is 39.5 Å². The van der Waals surface area contributed by atoms with Gasteiger partial charge in [-0.15, -0.1) is 0 Å². The lowest BCUT2D eigenvalue weighted by Gasteiger charge is -2.50. The van der Waals surface area contributed by atoms with E-state index in [0.717, 1.165) is 12.8 Å². The summed E-state index contributed by atoms with van der Waals surface area (Å²) >= 11 is 0. The van der Waals surface area contributed by atoms with Crippen LogP contribution in [-0.2, 0) is 0 Å². The zero-order valence-electron chi connectivity index (χ0n) is 8.96. The van der Waals surface area contributed by atoms with Gasteiger partial charge in [0.15, 0.2) is 0 Å². The number of halogens is 1. The Morgan fingerprint density at radius 1 is 1.29 bits per heavy atom. The third-order valence-corrected chi connectivity index (χ3v) is 4.02. The molecule has 0 amide bonds. The molecule has 0 spiro atoms. The first-order valence-corrected chi connectivity index (χ1v) is 5.58. The second-order valence-corrected chi connectivity index (χ2v) is 5.40. The largest absolute Gasteiger partial charge is 0.392 e. The highest BCUT2D eigenvalue weighted by molar-refractivity contribution is 5.03. The molecule has 0 aromatic heterocycles. The van der Waals surface area contributed by atoms with E-state index in [1.807, 2.05) is 0 Å². The molecule has 0 saturated heterocycles. The summed E-state index contributed by atoms with van der Waals surface area (Å²) in [5.41, 5.74) is -0.0333. The van der Waals surface area contributed by atoms with E-state index in [-0.39, 0.29) is 11.5 Å². The van der Waals surface area contributed by atoms with E-state index in [9.17, 15) is 9.50 Å². The molecule has 2 aliphatic carbocycles. The fourth-order valence-electron chi connectivity index (χ4n) is 2.55. The average Bonchev–Trinajstić information content (AvgIpc) is 2.51. The van der Waals surface area contributed by atoms with E-state index in [4.69, 9.17) is 0 Å². The Hall–Kier alpha value is -0.150. The summed E-state index contributed by atoms with van der Waals surface area (Å²) < 4.78 is 12.9. The van der Waals surface area contributed by atoms with Crippen molar-refractivity contribution < 1.29 is 9.50 Å². The summed E-state index contributed by atoms with van der Waals surface area (Å²) in [6.45, 7) is 4.14. The predicted molar refractivity (Wildman–Crippen MR) is 53.9 cm³/mol. The molecule has 0 aromatic carbocycles. The second kappa shape index (κ2) is 3.46. The van der Waals surface area contributed by atoms with Crippen LogP contribution in [0.15, 0.2) is 0 Å². The first-order valence-electron chi connectivity index (χ1n) is 5.58. The van der Waals surface area contributed by atoms with Crippen LogP contribution in [0.5, 0.6) is 0 Å². The van der Waals surface area contributed by atoms with Crippen molar-refractivity contribution in [2.45, 2.75) is 63.9 Å². The molecule has 0 heterocycles. The Morgan fingerprint density at radius 2 is 2.00 bits per heavy atom. The van der Waals surface area contributed by atoms with Crippen molar-refractivity contribution in [1.82, 2.24) is 5.32 Å². The van der Waals surface area contributed by atoms with Gasteiger partial charge in [-0.05, 0) is 25.7 Å². The van der Waals surface area contributed by atoms with Gasteiger partial charge < -0.3 is 10.4 Å². The number of hydrogen-bond acceptors (Lipinski definition) is 2. The molecule has 2 rings (SSSR count). The second-order valence-electron chi connectivity index (χ2n) is 5.40. The summed E-state index contributed by atoms with van der Waals surface area (Å²) in [7, 11) is 0. The van der Waals surface area contributed by atoms with Crippen LogP contribution < -0.4 is 5.32 Å². The Balaban J connectivity index is 1.82. The van der Waals surface area contributed by atoms with Crippen LogP contribution in [0.3, 0.4) is 0 Å². The van der Waals surface area contributed by atoms with Gasteiger partial charge in [0.2, 0.25) is 0 Å². The molecule has 2 N–H and O–H groups in total. The van der Waals surface area contributed by atoms with E-state index < -0.39 is 6.17 Å². The van der Waals surface area contributed by atoms with Gasteiger partial charge in [0.05, 0.1) is 6.10 Å². The average molecular weight is 201 g/mol. The number of hydrogen-bond donors (Lipinski definition) is 2. The number of alkyl halides is 1. The maximum atomic E-state index is 12.9. The molecule has 0 radical (unpaired) electrons. The molecular formula is C11H20FNO. The molecule has 4 unspecified atom stereocenters. The normalized spacial score (nSPS) is 46.3. The van der Waals surface area contributed by atoms with Crippen molar-refractivity contribution in [3.8, 4) is 0 Å². The van der Waals surface area contributed by atoms with Crippen LogP contribution in [0, 0.1) is 5.41 Å². The highest BCUT2D eigenvalue weighted by Crippen LogP contribution is 2.41. The fraction of sp³-hybridized carbons (Fsp3) is 1.00. The van der Waals surface area contributed by atoms with Crippen LogP contribution in [-0.4, -0.2) is 29.5 Å². The lowest BCUT2D eigenvalue weighted by molar-refractivity contribution is -0.0758. The lowest BCUT2D eigenvalue weighted by Crippen LogP contribution is -2.61. The standard InChI is InChI=1S/C11H20FNO/c1-11(2)9(6-10(11)14)13-8-4-3-7(12)5-8/h7-10,13-14H,3-6H2,1-2H3. The van der Waals surface area contributed by atoms with Crippen molar-refractivity contribution in [1.29, 1.82) is 0 Å². The van der Waals surface area contributed by atoms with Crippen molar-refractivity contribution >= 4 is 0 Å². The number of aliphatic hydroxyl groups is 1. The van der Waals surface area contributed by atoms with E-state index in [0.29, 0.717) is 24.9 Å². The number of aliphatic hydroxyl groups excluding tert-OH is 1. The molecule has 3 heteroatoms. The molecule has 0 aliphatic heterocycles.